The topological polar surface area (TPSA) is 68.5 Å². The number of ether oxygens (including phenoxy) is 1. The Hall–Kier alpha value is -2.61. The highest BCUT2D eigenvalue weighted by atomic mass is 19.4. The molecular weight excluding hydrogens is 347 g/mol. The summed E-state index contributed by atoms with van der Waals surface area (Å²) in [5, 5.41) is 0. The van der Waals surface area contributed by atoms with Gasteiger partial charge in [-0.15, -0.1) is 0 Å². The van der Waals surface area contributed by atoms with E-state index in [-0.39, 0.29) is 5.56 Å². The van der Waals surface area contributed by atoms with Crippen molar-refractivity contribution >= 4 is 11.6 Å². The van der Waals surface area contributed by atoms with Crippen molar-refractivity contribution in [1.82, 2.24) is 4.98 Å². The van der Waals surface area contributed by atoms with Gasteiger partial charge in [0.05, 0.1) is 25.2 Å². The van der Waals surface area contributed by atoms with Gasteiger partial charge in [0.2, 0.25) is 5.91 Å². The van der Waals surface area contributed by atoms with Crippen LogP contribution in [0.4, 0.5) is 18.9 Å². The number of morpholine rings is 1. The number of hydrogen-bond donors (Lipinski definition) is 1. The molecule has 0 aliphatic carbocycles. The number of carbonyl (C=O) groups is 1. The van der Waals surface area contributed by atoms with Crippen LogP contribution in [0.5, 0.6) is 0 Å². The summed E-state index contributed by atoms with van der Waals surface area (Å²) in [5.41, 5.74) is 5.49. The van der Waals surface area contributed by atoms with Gasteiger partial charge in [0, 0.05) is 36.7 Å². The van der Waals surface area contributed by atoms with Crippen molar-refractivity contribution in [3.8, 4) is 11.1 Å². The molecule has 1 aliphatic rings. The molecule has 1 saturated heterocycles. The lowest BCUT2D eigenvalue weighted by Gasteiger charge is -2.30. The van der Waals surface area contributed by atoms with E-state index in [2.05, 4.69) is 4.98 Å². The maximum Gasteiger partial charge on any atom is 0.416 e. The predicted molar refractivity (Wildman–Crippen MR) is 90.6 cm³/mol. The molecule has 138 valence electrons. The predicted octanol–water partition coefficient (Wildman–Crippen LogP) is 2.63. The SMILES string of the molecule is NC(=O)Cc1c(-c2cccnc2)cc(N2CCOCC2)cc1C(F)(F)F. The highest BCUT2D eigenvalue weighted by Gasteiger charge is 2.36. The summed E-state index contributed by atoms with van der Waals surface area (Å²) in [5.74, 6) is -0.820. The van der Waals surface area contributed by atoms with Crippen molar-refractivity contribution in [2.24, 2.45) is 5.73 Å². The monoisotopic (exact) mass is 365 g/mol. The Labute approximate surface area is 148 Å². The highest BCUT2D eigenvalue weighted by molar-refractivity contribution is 5.83. The molecule has 5 nitrogen and oxygen atoms in total. The largest absolute Gasteiger partial charge is 0.416 e. The van der Waals surface area contributed by atoms with Crippen LogP contribution < -0.4 is 10.6 Å². The molecule has 3 rings (SSSR count). The van der Waals surface area contributed by atoms with Crippen LogP contribution in [0.1, 0.15) is 11.1 Å². The molecule has 2 N–H and O–H groups in total. The van der Waals surface area contributed by atoms with E-state index in [1.165, 1.54) is 12.4 Å². The van der Waals surface area contributed by atoms with Crippen molar-refractivity contribution in [1.29, 1.82) is 0 Å². The lowest BCUT2D eigenvalue weighted by atomic mass is 9.92. The fourth-order valence-corrected chi connectivity index (χ4v) is 3.06. The van der Waals surface area contributed by atoms with E-state index in [1.807, 2.05) is 4.90 Å². The maximum absolute atomic E-state index is 13.7. The molecule has 2 aromatic rings. The summed E-state index contributed by atoms with van der Waals surface area (Å²) >= 11 is 0. The number of carbonyl (C=O) groups excluding carboxylic acids is 1. The standard InChI is InChI=1S/C18H18F3N3O2/c19-18(20,21)16-9-13(24-4-6-26-7-5-24)8-14(15(16)10-17(22)25)12-2-1-3-23-11-12/h1-3,8-9,11H,4-7,10H2,(H2,22,25). The molecule has 0 unspecified atom stereocenters. The number of aromatic nitrogens is 1. The zero-order valence-electron chi connectivity index (χ0n) is 13.9. The van der Waals surface area contributed by atoms with E-state index >= 15 is 0 Å². The molecular formula is C18H18F3N3O2. The molecule has 1 aliphatic heterocycles. The molecule has 26 heavy (non-hydrogen) atoms. The average molecular weight is 365 g/mol. The number of alkyl halides is 3. The summed E-state index contributed by atoms with van der Waals surface area (Å²) in [6, 6.07) is 6.05. The van der Waals surface area contributed by atoms with Gasteiger partial charge in [-0.3, -0.25) is 9.78 Å². The van der Waals surface area contributed by atoms with Crippen LogP contribution >= 0.6 is 0 Å². The maximum atomic E-state index is 13.7. The van der Waals surface area contributed by atoms with Crippen LogP contribution in [-0.2, 0) is 22.1 Å². The molecule has 2 heterocycles. The van der Waals surface area contributed by atoms with E-state index < -0.39 is 24.1 Å². The lowest BCUT2D eigenvalue weighted by molar-refractivity contribution is -0.138. The van der Waals surface area contributed by atoms with Crippen molar-refractivity contribution in [2.45, 2.75) is 12.6 Å². The molecule has 1 amide bonds. The summed E-state index contributed by atoms with van der Waals surface area (Å²) in [7, 11) is 0. The molecule has 0 saturated carbocycles. The van der Waals surface area contributed by atoms with Gasteiger partial charge in [-0.05, 0) is 29.3 Å². The van der Waals surface area contributed by atoms with Crippen LogP contribution in [0.3, 0.4) is 0 Å². The second kappa shape index (κ2) is 7.33. The molecule has 0 bridgehead atoms. The van der Waals surface area contributed by atoms with Crippen molar-refractivity contribution in [3.63, 3.8) is 0 Å². The van der Waals surface area contributed by atoms with Crippen molar-refractivity contribution in [2.75, 3.05) is 31.2 Å². The fraction of sp³-hybridized carbons (Fsp3) is 0.333. The van der Waals surface area contributed by atoms with Gasteiger partial charge >= 0.3 is 6.18 Å². The van der Waals surface area contributed by atoms with Gasteiger partial charge in [0.1, 0.15) is 0 Å². The molecule has 1 aromatic carbocycles. The first-order valence-electron chi connectivity index (χ1n) is 8.12. The van der Waals surface area contributed by atoms with Crippen LogP contribution in [0.15, 0.2) is 36.7 Å². The van der Waals surface area contributed by atoms with Crippen LogP contribution in [0, 0.1) is 0 Å². The average Bonchev–Trinajstić information content (AvgIpc) is 2.62. The third-order valence-electron chi connectivity index (χ3n) is 4.24. The third kappa shape index (κ3) is 3.96. The van der Waals surface area contributed by atoms with E-state index in [1.54, 1.807) is 18.2 Å². The minimum atomic E-state index is -4.61. The molecule has 0 radical (unpaired) electrons. The van der Waals surface area contributed by atoms with Gasteiger partial charge in [0.25, 0.3) is 0 Å². The summed E-state index contributed by atoms with van der Waals surface area (Å²) < 4.78 is 46.5. The number of amides is 1. The Morgan fingerprint density at radius 1 is 1.27 bits per heavy atom. The van der Waals surface area contributed by atoms with E-state index in [0.29, 0.717) is 43.1 Å². The third-order valence-corrected chi connectivity index (χ3v) is 4.24. The number of anilines is 1. The van der Waals surface area contributed by atoms with Gasteiger partial charge in [-0.1, -0.05) is 6.07 Å². The lowest BCUT2D eigenvalue weighted by Crippen LogP contribution is -2.36. The number of halogens is 3. The molecule has 1 fully saturated rings. The minimum absolute atomic E-state index is 0.130. The van der Waals surface area contributed by atoms with Crippen molar-refractivity contribution in [3.05, 3.63) is 47.8 Å². The number of nitrogens with zero attached hydrogens (tertiary/aromatic N) is 2. The first kappa shape index (κ1) is 18.2. The van der Waals surface area contributed by atoms with Crippen LogP contribution in [0.2, 0.25) is 0 Å². The first-order chi connectivity index (χ1) is 12.4. The van der Waals surface area contributed by atoms with Crippen LogP contribution in [0.25, 0.3) is 11.1 Å². The fourth-order valence-electron chi connectivity index (χ4n) is 3.06. The molecule has 1 aromatic heterocycles. The number of rotatable bonds is 4. The van der Waals surface area contributed by atoms with Crippen LogP contribution in [-0.4, -0.2) is 37.2 Å². The van der Waals surface area contributed by atoms with E-state index in [0.717, 1.165) is 6.07 Å². The zero-order chi connectivity index (χ0) is 18.7. The van der Waals surface area contributed by atoms with E-state index in [9.17, 15) is 18.0 Å². The molecule has 0 atom stereocenters. The second-order valence-corrected chi connectivity index (χ2v) is 6.00. The normalized spacial score (nSPS) is 15.1. The number of hydrogen-bond acceptors (Lipinski definition) is 4. The Morgan fingerprint density at radius 3 is 2.58 bits per heavy atom. The molecule has 8 heteroatoms. The molecule has 0 spiro atoms. The van der Waals surface area contributed by atoms with Gasteiger partial charge in [0.15, 0.2) is 0 Å². The quantitative estimate of drug-likeness (QED) is 0.904. The van der Waals surface area contributed by atoms with Gasteiger partial charge in [-0.25, -0.2) is 0 Å². The Kier molecular flexibility index (Phi) is 5.13. The number of benzene rings is 1. The van der Waals surface area contributed by atoms with Gasteiger partial charge < -0.3 is 15.4 Å². The summed E-state index contributed by atoms with van der Waals surface area (Å²) in [6.45, 7) is 1.90. The van der Waals surface area contributed by atoms with Crippen molar-refractivity contribution < 1.29 is 22.7 Å². The first-order valence-corrected chi connectivity index (χ1v) is 8.12. The number of nitrogens with two attached hydrogens (primary N) is 1. The van der Waals surface area contributed by atoms with Gasteiger partial charge in [-0.2, -0.15) is 13.2 Å². The Morgan fingerprint density at radius 2 is 2.00 bits per heavy atom. The highest BCUT2D eigenvalue weighted by Crippen LogP contribution is 2.40. The zero-order valence-corrected chi connectivity index (χ0v) is 13.9. The Balaban J connectivity index is 2.21. The number of primary amides is 1. The smallest absolute Gasteiger partial charge is 0.378 e. The van der Waals surface area contributed by atoms with E-state index in [4.69, 9.17) is 10.5 Å². The minimum Gasteiger partial charge on any atom is -0.378 e. The Bertz CT molecular complexity index is 788. The second-order valence-electron chi connectivity index (χ2n) is 6.00. The number of pyridine rings is 1. The summed E-state index contributed by atoms with van der Waals surface area (Å²) in [4.78, 5) is 17.3. The summed E-state index contributed by atoms with van der Waals surface area (Å²) in [6.07, 6.45) is -2.09.